The van der Waals surface area contributed by atoms with E-state index in [1.165, 1.54) is 4.88 Å². The Bertz CT molecular complexity index is 360. The second kappa shape index (κ2) is 5.41. The number of primary amides is 1. The normalized spacial score (nSPS) is 11.7. The van der Waals surface area contributed by atoms with Crippen molar-refractivity contribution in [3.05, 3.63) is 16.1 Å². The minimum Gasteiger partial charge on any atom is -0.369 e. The Morgan fingerprint density at radius 3 is 2.81 bits per heavy atom. The van der Waals surface area contributed by atoms with Crippen molar-refractivity contribution in [2.45, 2.75) is 33.7 Å². The van der Waals surface area contributed by atoms with Gasteiger partial charge in [0.2, 0.25) is 5.91 Å². The molecule has 0 bridgehead atoms. The number of hydrogen-bond donors (Lipinski definition) is 2. The zero-order valence-electron chi connectivity index (χ0n) is 10.0. The van der Waals surface area contributed by atoms with Crippen molar-refractivity contribution >= 4 is 17.2 Å². The van der Waals surface area contributed by atoms with Crippen LogP contribution in [0.25, 0.3) is 0 Å². The molecule has 5 heteroatoms. The molecule has 1 aromatic rings. The average molecular weight is 241 g/mol. The fourth-order valence-corrected chi connectivity index (χ4v) is 2.01. The predicted octanol–water partition coefficient (Wildman–Crippen LogP) is 1.31. The first kappa shape index (κ1) is 13.1. The topological polar surface area (TPSA) is 68.0 Å². The van der Waals surface area contributed by atoms with E-state index in [4.69, 9.17) is 5.73 Å². The fraction of sp³-hybridized carbons (Fsp3) is 0.636. The Labute approximate surface area is 100 Å². The van der Waals surface area contributed by atoms with Crippen molar-refractivity contribution in [3.8, 4) is 0 Å². The summed E-state index contributed by atoms with van der Waals surface area (Å²) >= 11 is 1.70. The molecule has 1 heterocycles. The zero-order valence-corrected chi connectivity index (χ0v) is 10.9. The van der Waals surface area contributed by atoms with E-state index in [9.17, 15) is 4.79 Å². The van der Waals surface area contributed by atoms with Crippen LogP contribution < -0.4 is 11.1 Å². The van der Waals surface area contributed by atoms with Crippen LogP contribution in [0.4, 0.5) is 0 Å². The van der Waals surface area contributed by atoms with E-state index >= 15 is 0 Å². The summed E-state index contributed by atoms with van der Waals surface area (Å²) in [5.74, 6) is -0.279. The van der Waals surface area contributed by atoms with Gasteiger partial charge < -0.3 is 11.1 Å². The Kier molecular flexibility index (Phi) is 4.44. The number of nitrogens with zero attached hydrogens (tertiary/aromatic N) is 1. The quantitative estimate of drug-likeness (QED) is 0.789. The SMILES string of the molecule is CCc1ncc(CNCC(C)(C)C(N)=O)s1. The van der Waals surface area contributed by atoms with Gasteiger partial charge in [0.15, 0.2) is 0 Å². The van der Waals surface area contributed by atoms with Crippen molar-refractivity contribution in [1.29, 1.82) is 0 Å². The second-order valence-electron chi connectivity index (χ2n) is 4.43. The maximum Gasteiger partial charge on any atom is 0.224 e. The van der Waals surface area contributed by atoms with Crippen molar-refractivity contribution in [2.24, 2.45) is 11.1 Å². The van der Waals surface area contributed by atoms with Crippen LogP contribution >= 0.6 is 11.3 Å². The summed E-state index contributed by atoms with van der Waals surface area (Å²) in [6.45, 7) is 7.10. The summed E-state index contributed by atoms with van der Waals surface area (Å²) in [6.07, 6.45) is 2.85. The van der Waals surface area contributed by atoms with Crippen molar-refractivity contribution < 1.29 is 4.79 Å². The number of amides is 1. The molecule has 0 aliphatic rings. The molecule has 0 saturated heterocycles. The Hall–Kier alpha value is -0.940. The first-order chi connectivity index (χ1) is 7.45. The number of carbonyl (C=O) groups is 1. The van der Waals surface area contributed by atoms with Gasteiger partial charge in [-0.2, -0.15) is 0 Å². The minimum absolute atomic E-state index is 0.279. The van der Waals surface area contributed by atoms with Gasteiger partial charge in [-0.1, -0.05) is 6.92 Å². The zero-order chi connectivity index (χ0) is 12.2. The summed E-state index contributed by atoms with van der Waals surface area (Å²) in [6, 6.07) is 0. The number of carbonyl (C=O) groups excluding carboxylic acids is 1. The Morgan fingerprint density at radius 1 is 1.62 bits per heavy atom. The van der Waals surface area contributed by atoms with Gasteiger partial charge >= 0.3 is 0 Å². The standard InChI is InChI=1S/C11H19N3OS/c1-4-9-14-6-8(16-9)5-13-7-11(2,3)10(12)15/h6,13H,4-5,7H2,1-3H3,(H2,12,15). The molecule has 1 rings (SSSR count). The molecule has 0 fully saturated rings. The molecule has 3 N–H and O–H groups in total. The molecule has 0 atom stereocenters. The largest absolute Gasteiger partial charge is 0.369 e. The molecule has 1 amide bonds. The van der Waals surface area contributed by atoms with Gasteiger partial charge in [0, 0.05) is 24.2 Å². The maximum absolute atomic E-state index is 11.1. The number of rotatable bonds is 6. The highest BCUT2D eigenvalue weighted by atomic mass is 32.1. The van der Waals surface area contributed by atoms with E-state index in [0.29, 0.717) is 6.54 Å². The molecular weight excluding hydrogens is 222 g/mol. The second-order valence-corrected chi connectivity index (χ2v) is 5.63. The highest BCUT2D eigenvalue weighted by molar-refractivity contribution is 7.11. The lowest BCUT2D eigenvalue weighted by molar-refractivity contribution is -0.125. The third-order valence-electron chi connectivity index (χ3n) is 2.44. The van der Waals surface area contributed by atoms with Crippen molar-refractivity contribution in [1.82, 2.24) is 10.3 Å². The molecule has 0 aromatic carbocycles. The summed E-state index contributed by atoms with van der Waals surface area (Å²) in [7, 11) is 0. The van der Waals surface area contributed by atoms with Crippen LogP contribution in [0.2, 0.25) is 0 Å². The molecular formula is C11H19N3OS. The smallest absolute Gasteiger partial charge is 0.224 e. The molecule has 1 aromatic heterocycles. The van der Waals surface area contributed by atoms with Crippen LogP contribution in [-0.4, -0.2) is 17.4 Å². The molecule has 0 spiro atoms. The Morgan fingerprint density at radius 2 is 2.31 bits per heavy atom. The molecule has 0 saturated carbocycles. The number of nitrogens with one attached hydrogen (secondary N) is 1. The molecule has 90 valence electrons. The lowest BCUT2D eigenvalue weighted by Crippen LogP contribution is -2.40. The molecule has 0 radical (unpaired) electrons. The van der Waals surface area contributed by atoms with E-state index < -0.39 is 5.41 Å². The maximum atomic E-state index is 11.1. The fourth-order valence-electron chi connectivity index (χ4n) is 1.18. The van der Waals surface area contributed by atoms with Crippen LogP contribution in [0.3, 0.4) is 0 Å². The van der Waals surface area contributed by atoms with E-state index in [1.807, 2.05) is 20.0 Å². The molecule has 0 aliphatic carbocycles. The molecule has 0 unspecified atom stereocenters. The molecule has 0 aliphatic heterocycles. The van der Waals surface area contributed by atoms with E-state index in [1.54, 1.807) is 11.3 Å². The molecule has 4 nitrogen and oxygen atoms in total. The summed E-state index contributed by atoms with van der Waals surface area (Å²) in [5, 5.41) is 4.37. The lowest BCUT2D eigenvalue weighted by Gasteiger charge is -2.20. The number of thiazole rings is 1. The van der Waals surface area contributed by atoms with E-state index in [0.717, 1.165) is 18.0 Å². The van der Waals surface area contributed by atoms with Gasteiger partial charge in [0.25, 0.3) is 0 Å². The highest BCUT2D eigenvalue weighted by Gasteiger charge is 2.24. The molecule has 16 heavy (non-hydrogen) atoms. The minimum atomic E-state index is -0.502. The summed E-state index contributed by atoms with van der Waals surface area (Å²) in [4.78, 5) is 16.5. The van der Waals surface area contributed by atoms with E-state index in [-0.39, 0.29) is 5.91 Å². The summed E-state index contributed by atoms with van der Waals surface area (Å²) < 4.78 is 0. The Balaban J connectivity index is 2.38. The van der Waals surface area contributed by atoms with Crippen LogP contribution in [0.1, 0.15) is 30.7 Å². The van der Waals surface area contributed by atoms with Crippen LogP contribution in [0.5, 0.6) is 0 Å². The first-order valence-corrected chi connectivity index (χ1v) is 6.21. The third kappa shape index (κ3) is 3.57. The van der Waals surface area contributed by atoms with Gasteiger partial charge in [-0.25, -0.2) is 4.98 Å². The average Bonchev–Trinajstić information content (AvgIpc) is 2.65. The number of aryl methyl sites for hydroxylation is 1. The van der Waals surface area contributed by atoms with Crippen LogP contribution in [0.15, 0.2) is 6.20 Å². The summed E-state index contributed by atoms with van der Waals surface area (Å²) in [5.41, 5.74) is 4.78. The van der Waals surface area contributed by atoms with Crippen molar-refractivity contribution in [2.75, 3.05) is 6.54 Å². The highest BCUT2D eigenvalue weighted by Crippen LogP contribution is 2.15. The monoisotopic (exact) mass is 241 g/mol. The number of hydrogen-bond acceptors (Lipinski definition) is 4. The number of aromatic nitrogens is 1. The lowest BCUT2D eigenvalue weighted by atomic mass is 9.93. The van der Waals surface area contributed by atoms with Gasteiger partial charge in [-0.05, 0) is 20.3 Å². The van der Waals surface area contributed by atoms with Gasteiger partial charge in [-0.15, -0.1) is 11.3 Å². The third-order valence-corrected chi connectivity index (χ3v) is 3.58. The van der Waals surface area contributed by atoms with Crippen LogP contribution in [-0.2, 0) is 17.8 Å². The number of nitrogens with two attached hydrogens (primary N) is 1. The predicted molar refractivity (Wildman–Crippen MR) is 66.2 cm³/mol. The first-order valence-electron chi connectivity index (χ1n) is 5.40. The van der Waals surface area contributed by atoms with Gasteiger partial charge in [-0.3, -0.25) is 4.79 Å². The van der Waals surface area contributed by atoms with Crippen LogP contribution in [0, 0.1) is 5.41 Å². The van der Waals surface area contributed by atoms with Crippen molar-refractivity contribution in [3.63, 3.8) is 0 Å². The van der Waals surface area contributed by atoms with Gasteiger partial charge in [0.1, 0.15) is 0 Å². The van der Waals surface area contributed by atoms with E-state index in [2.05, 4.69) is 17.2 Å². The van der Waals surface area contributed by atoms with Gasteiger partial charge in [0.05, 0.1) is 10.4 Å².